The van der Waals surface area contributed by atoms with E-state index in [2.05, 4.69) is 20.8 Å². The van der Waals surface area contributed by atoms with Gasteiger partial charge in [-0.05, 0) is 73.1 Å². The first-order valence-electron chi connectivity index (χ1n) is 10.4. The number of anilines is 1. The van der Waals surface area contributed by atoms with Gasteiger partial charge in [0.25, 0.3) is 0 Å². The molecule has 0 aromatic heterocycles. The number of cyclic esters (lactones) is 1. The Morgan fingerprint density at radius 1 is 1.16 bits per heavy atom. The van der Waals surface area contributed by atoms with Crippen LogP contribution in [0.3, 0.4) is 0 Å². The number of carbonyl (C=O) groups is 1. The second-order valence-electron chi connectivity index (χ2n) is 9.52. The predicted molar refractivity (Wildman–Crippen MR) is 133 cm³/mol. The number of nitrogen functional groups attached to an aromatic ring is 1. The molecule has 0 saturated carbocycles. The zero-order valence-electron chi connectivity index (χ0n) is 19.2. The fraction of sp³-hybridized carbons (Fsp3) is 0.400. The SMILES string of the molecule is Cc1cc(SC2=C(O)CC(C)(CCc3ccc(O)cc3)OC2=O)c(C(C)(C)C)cc1N.Cl. The number of rotatable bonds is 5. The normalized spacial score (nSPS) is 18.8. The average molecular weight is 478 g/mol. The van der Waals surface area contributed by atoms with Crippen LogP contribution in [0.2, 0.25) is 0 Å². The monoisotopic (exact) mass is 477 g/mol. The van der Waals surface area contributed by atoms with Gasteiger partial charge in [0.05, 0.1) is 0 Å². The molecule has 1 aliphatic rings. The van der Waals surface area contributed by atoms with Gasteiger partial charge in [0, 0.05) is 17.0 Å². The first-order chi connectivity index (χ1) is 14.4. The number of aromatic hydroxyl groups is 1. The van der Waals surface area contributed by atoms with Crippen molar-refractivity contribution >= 4 is 35.8 Å². The van der Waals surface area contributed by atoms with Gasteiger partial charge in [0.15, 0.2) is 0 Å². The maximum Gasteiger partial charge on any atom is 0.348 e. The lowest BCUT2D eigenvalue weighted by molar-refractivity contribution is -0.156. The number of esters is 1. The van der Waals surface area contributed by atoms with E-state index in [1.165, 1.54) is 11.8 Å². The summed E-state index contributed by atoms with van der Waals surface area (Å²) in [6, 6.07) is 10.9. The molecule has 0 radical (unpaired) electrons. The van der Waals surface area contributed by atoms with Crippen molar-refractivity contribution in [3.8, 4) is 5.75 Å². The van der Waals surface area contributed by atoms with E-state index in [0.29, 0.717) is 18.5 Å². The van der Waals surface area contributed by atoms with Gasteiger partial charge in [-0.2, -0.15) is 0 Å². The number of benzene rings is 2. The minimum absolute atomic E-state index is 0. The Morgan fingerprint density at radius 3 is 2.34 bits per heavy atom. The van der Waals surface area contributed by atoms with Crippen molar-refractivity contribution in [2.45, 2.75) is 69.8 Å². The fourth-order valence-electron chi connectivity index (χ4n) is 3.65. The summed E-state index contributed by atoms with van der Waals surface area (Å²) in [5.74, 6) is -0.228. The molecule has 7 heteroatoms. The number of nitrogens with two attached hydrogens (primary N) is 1. The third-order valence-corrected chi connectivity index (χ3v) is 6.76. The van der Waals surface area contributed by atoms with E-state index in [1.54, 1.807) is 12.1 Å². The summed E-state index contributed by atoms with van der Waals surface area (Å²) in [5.41, 5.74) is 8.86. The van der Waals surface area contributed by atoms with Crippen LogP contribution in [0, 0.1) is 6.92 Å². The Balaban J connectivity index is 0.00000363. The Hall–Kier alpha value is -2.31. The Morgan fingerprint density at radius 2 is 1.78 bits per heavy atom. The number of aryl methyl sites for hydroxylation is 2. The number of aliphatic hydroxyl groups excluding tert-OH is 1. The quantitative estimate of drug-likeness (QED) is 0.350. The van der Waals surface area contributed by atoms with Crippen molar-refractivity contribution in [3.05, 3.63) is 63.8 Å². The van der Waals surface area contributed by atoms with Gasteiger partial charge in [-0.15, -0.1) is 12.4 Å². The van der Waals surface area contributed by atoms with Crippen LogP contribution in [-0.4, -0.2) is 21.8 Å². The standard InChI is InChI=1S/C25H31NO4S.ClH/c1-15-12-21(18(13-19(15)26)24(2,3)4)31-22-20(28)14-25(5,30-23(22)29)11-10-16-6-8-17(27)9-7-16;/h6-9,12-13,27-28H,10-11,14,26H2,1-5H3;1H. The van der Waals surface area contributed by atoms with Crippen molar-refractivity contribution in [3.63, 3.8) is 0 Å². The maximum absolute atomic E-state index is 12.9. The average Bonchev–Trinajstić information content (AvgIpc) is 2.66. The number of ether oxygens (including phenoxy) is 1. The summed E-state index contributed by atoms with van der Waals surface area (Å²) >= 11 is 1.25. The summed E-state index contributed by atoms with van der Waals surface area (Å²) < 4.78 is 5.80. The third-order valence-electron chi connectivity index (χ3n) is 5.60. The Labute approximate surface area is 200 Å². The fourth-order valence-corrected chi connectivity index (χ4v) is 4.89. The lowest BCUT2D eigenvalue weighted by atomic mass is 9.86. The molecule has 32 heavy (non-hydrogen) atoms. The molecule has 0 saturated heterocycles. The zero-order chi connectivity index (χ0) is 23.0. The molecule has 5 nitrogen and oxygen atoms in total. The van der Waals surface area contributed by atoms with E-state index >= 15 is 0 Å². The van der Waals surface area contributed by atoms with Gasteiger partial charge < -0.3 is 20.7 Å². The van der Waals surface area contributed by atoms with Crippen LogP contribution >= 0.6 is 24.2 Å². The summed E-state index contributed by atoms with van der Waals surface area (Å²) in [4.78, 5) is 14.0. The molecule has 0 spiro atoms. The van der Waals surface area contributed by atoms with Crippen molar-refractivity contribution in [1.82, 2.24) is 0 Å². The molecule has 0 fully saturated rings. The molecule has 0 aliphatic carbocycles. The van der Waals surface area contributed by atoms with Crippen LogP contribution in [0.5, 0.6) is 5.75 Å². The van der Waals surface area contributed by atoms with Crippen molar-refractivity contribution in [1.29, 1.82) is 0 Å². The van der Waals surface area contributed by atoms with Crippen molar-refractivity contribution < 1.29 is 19.7 Å². The Kier molecular flexibility index (Phi) is 7.84. The number of hydrogen-bond acceptors (Lipinski definition) is 6. The number of phenols is 1. The van der Waals surface area contributed by atoms with E-state index in [-0.39, 0.29) is 40.7 Å². The predicted octanol–water partition coefficient (Wildman–Crippen LogP) is 6.20. The van der Waals surface area contributed by atoms with E-state index in [4.69, 9.17) is 10.5 Å². The molecule has 1 atom stereocenters. The van der Waals surface area contributed by atoms with E-state index in [0.717, 1.165) is 21.6 Å². The van der Waals surface area contributed by atoms with Gasteiger partial charge in [0.1, 0.15) is 22.0 Å². The topological polar surface area (TPSA) is 92.8 Å². The van der Waals surface area contributed by atoms with Gasteiger partial charge >= 0.3 is 5.97 Å². The first kappa shape index (κ1) is 25.9. The number of phenolic OH excluding ortho intramolecular Hbond substituents is 1. The van der Waals surface area contributed by atoms with Gasteiger partial charge in [-0.25, -0.2) is 4.79 Å². The molecule has 4 N–H and O–H groups in total. The van der Waals surface area contributed by atoms with E-state index in [1.807, 2.05) is 38.1 Å². The van der Waals surface area contributed by atoms with Crippen LogP contribution in [0.25, 0.3) is 0 Å². The highest BCUT2D eigenvalue weighted by Gasteiger charge is 2.39. The number of aliphatic hydroxyl groups is 1. The summed E-state index contributed by atoms with van der Waals surface area (Å²) in [7, 11) is 0. The number of carbonyl (C=O) groups excluding carboxylic acids is 1. The largest absolute Gasteiger partial charge is 0.511 e. The lowest BCUT2D eigenvalue weighted by Gasteiger charge is -2.34. The highest BCUT2D eigenvalue weighted by Crippen LogP contribution is 2.43. The summed E-state index contributed by atoms with van der Waals surface area (Å²) in [6.07, 6.45) is 1.50. The minimum Gasteiger partial charge on any atom is -0.511 e. The van der Waals surface area contributed by atoms with Crippen molar-refractivity contribution in [2.75, 3.05) is 5.73 Å². The number of hydrogen-bond donors (Lipinski definition) is 3. The molecule has 3 rings (SSSR count). The molecule has 0 amide bonds. The maximum atomic E-state index is 12.9. The second-order valence-corrected chi connectivity index (χ2v) is 10.6. The van der Waals surface area contributed by atoms with Gasteiger partial charge in [0.2, 0.25) is 0 Å². The molecular weight excluding hydrogens is 446 g/mol. The highest BCUT2D eigenvalue weighted by molar-refractivity contribution is 8.04. The molecule has 1 aliphatic heterocycles. The van der Waals surface area contributed by atoms with E-state index in [9.17, 15) is 15.0 Å². The van der Waals surface area contributed by atoms with Gasteiger partial charge in [-0.3, -0.25) is 0 Å². The smallest absolute Gasteiger partial charge is 0.348 e. The zero-order valence-corrected chi connectivity index (χ0v) is 20.8. The van der Waals surface area contributed by atoms with Crippen LogP contribution in [0.15, 0.2) is 52.0 Å². The van der Waals surface area contributed by atoms with Crippen LogP contribution in [0.4, 0.5) is 5.69 Å². The van der Waals surface area contributed by atoms with Crippen LogP contribution < -0.4 is 5.73 Å². The molecule has 174 valence electrons. The molecular formula is C25H32ClNO4S. The number of thioether (sulfide) groups is 1. The van der Waals surface area contributed by atoms with Crippen molar-refractivity contribution in [2.24, 2.45) is 0 Å². The minimum atomic E-state index is -0.785. The Bertz CT molecular complexity index is 1030. The number of halogens is 1. The molecule has 0 bridgehead atoms. The van der Waals surface area contributed by atoms with E-state index < -0.39 is 11.6 Å². The highest BCUT2D eigenvalue weighted by atomic mass is 35.5. The lowest BCUT2D eigenvalue weighted by Crippen LogP contribution is -2.37. The second kappa shape index (κ2) is 9.67. The van der Waals surface area contributed by atoms with Crippen LogP contribution in [0.1, 0.15) is 57.2 Å². The molecule has 2 aromatic carbocycles. The molecule has 1 heterocycles. The first-order valence-corrected chi connectivity index (χ1v) is 11.2. The van der Waals surface area contributed by atoms with Gasteiger partial charge in [-0.1, -0.05) is 44.7 Å². The third kappa shape index (κ3) is 5.93. The van der Waals surface area contributed by atoms with Crippen LogP contribution in [-0.2, 0) is 21.4 Å². The molecule has 1 unspecified atom stereocenters. The summed E-state index contributed by atoms with van der Waals surface area (Å²) in [5, 5.41) is 20.2. The summed E-state index contributed by atoms with van der Waals surface area (Å²) in [6.45, 7) is 10.1. The molecule has 2 aromatic rings.